The third-order valence-electron chi connectivity index (χ3n) is 10.1. The van der Waals surface area contributed by atoms with Gasteiger partial charge in [0.25, 0.3) is 6.29 Å². The van der Waals surface area contributed by atoms with Crippen LogP contribution in [0.25, 0.3) is 17.2 Å². The molecule has 0 bridgehead atoms. The molecule has 3 aromatic rings. The molecule has 20 heteroatoms. The number of hydrogen-bond donors (Lipinski definition) is 6. The van der Waals surface area contributed by atoms with E-state index in [1.54, 1.807) is 53.7 Å². The summed E-state index contributed by atoms with van der Waals surface area (Å²) < 4.78 is 46.9. The van der Waals surface area contributed by atoms with Gasteiger partial charge in [-0.2, -0.15) is 0 Å². The number of aromatic nitrogens is 4. The Labute approximate surface area is 328 Å². The maximum absolute atomic E-state index is 13.3. The molecular formula is C37H50N6O14. The van der Waals surface area contributed by atoms with E-state index in [9.17, 15) is 30.3 Å². The number of carbonyl (C=O) groups excluding carboxylic acids is 1. The van der Waals surface area contributed by atoms with Crippen molar-refractivity contribution >= 4 is 29.0 Å². The lowest BCUT2D eigenvalue weighted by atomic mass is 9.99. The zero-order chi connectivity index (χ0) is 41.1. The van der Waals surface area contributed by atoms with Crippen LogP contribution in [0.1, 0.15) is 25.6 Å². The Morgan fingerprint density at radius 2 is 1.68 bits per heavy atom. The standard InChI is InChI=1S/C37H50N6O14/c1-17(34(49)41-23-21(13-44)56-35(25(23)45)43-16-40-24-32(42(3)4)38-15-39-33(24)43)12-19-8-10-20(11-9-19)55-37-27(47)26(46)30(57-37)22(50-5)14-53-36-28(48)31(52-7)29(51-6)18(2)54-36/h8-12,15-16,18,21,23,25-29,31,35-37,44-48H,13-14H2,1-7H3,(H,41,49)/b17-12+,30-22-. The highest BCUT2D eigenvalue weighted by Gasteiger charge is 2.48. The highest BCUT2D eigenvalue weighted by atomic mass is 16.7. The average molecular weight is 803 g/mol. The maximum Gasteiger partial charge on any atom is 0.269 e. The molecule has 312 valence electrons. The minimum absolute atomic E-state index is 0.0362. The molecule has 0 radical (unpaired) electrons. The summed E-state index contributed by atoms with van der Waals surface area (Å²) in [6, 6.07) is 5.55. The number of ether oxygens (including phenoxy) is 8. The monoisotopic (exact) mass is 802 g/mol. The zero-order valence-corrected chi connectivity index (χ0v) is 32.5. The van der Waals surface area contributed by atoms with Gasteiger partial charge in [0.2, 0.25) is 5.91 Å². The van der Waals surface area contributed by atoms with E-state index in [1.165, 1.54) is 34.0 Å². The van der Waals surface area contributed by atoms with Crippen molar-refractivity contribution < 1.29 is 68.2 Å². The summed E-state index contributed by atoms with van der Waals surface area (Å²) in [5, 5.41) is 56.5. The highest BCUT2D eigenvalue weighted by molar-refractivity contribution is 5.97. The van der Waals surface area contributed by atoms with Gasteiger partial charge in [-0.1, -0.05) is 12.1 Å². The number of aliphatic hydroxyl groups is 5. The van der Waals surface area contributed by atoms with E-state index in [0.717, 1.165) is 0 Å². The molecule has 3 aliphatic heterocycles. The number of aliphatic hydroxyl groups excluding tert-OH is 5. The number of amides is 1. The Kier molecular flexibility index (Phi) is 13.3. The number of nitrogens with one attached hydrogen (secondary N) is 1. The predicted molar refractivity (Wildman–Crippen MR) is 198 cm³/mol. The quantitative estimate of drug-likeness (QED) is 0.0862. The van der Waals surface area contributed by atoms with Crippen LogP contribution in [-0.4, -0.2) is 167 Å². The fraction of sp³-hybridized carbons (Fsp3) is 0.568. The number of benzene rings is 1. The van der Waals surface area contributed by atoms with Gasteiger partial charge >= 0.3 is 0 Å². The topological polar surface area (TPSA) is 251 Å². The molecule has 3 fully saturated rings. The molecule has 12 unspecified atom stereocenters. The van der Waals surface area contributed by atoms with Crippen LogP contribution < -0.4 is 15.0 Å². The van der Waals surface area contributed by atoms with Crippen LogP contribution in [0, 0.1) is 0 Å². The summed E-state index contributed by atoms with van der Waals surface area (Å²) in [6.45, 7) is 2.60. The number of imidazole rings is 1. The lowest BCUT2D eigenvalue weighted by molar-refractivity contribution is -0.299. The summed E-state index contributed by atoms with van der Waals surface area (Å²) in [5.41, 5.74) is 1.84. The second-order valence-electron chi connectivity index (χ2n) is 14.0. The maximum atomic E-state index is 13.3. The molecule has 6 N–H and O–H groups in total. The summed E-state index contributed by atoms with van der Waals surface area (Å²) in [6.07, 6.45) is -7.09. The average Bonchev–Trinajstić information content (AvgIpc) is 3.85. The van der Waals surface area contributed by atoms with Gasteiger partial charge in [-0.15, -0.1) is 0 Å². The number of anilines is 1. The van der Waals surface area contributed by atoms with Crippen LogP contribution in [0.2, 0.25) is 0 Å². The number of carbonyl (C=O) groups is 1. The number of fused-ring (bicyclic) bond motifs is 1. The smallest absolute Gasteiger partial charge is 0.269 e. The van der Waals surface area contributed by atoms with Crippen LogP contribution in [0.5, 0.6) is 5.75 Å². The van der Waals surface area contributed by atoms with Crippen molar-refractivity contribution in [3.8, 4) is 5.75 Å². The third-order valence-corrected chi connectivity index (χ3v) is 10.1. The first kappa shape index (κ1) is 42.1. The van der Waals surface area contributed by atoms with Gasteiger partial charge < -0.3 is 73.6 Å². The normalized spacial score (nSPS) is 32.6. The first-order valence-electron chi connectivity index (χ1n) is 18.2. The molecule has 0 aliphatic carbocycles. The largest absolute Gasteiger partial charge is 0.495 e. The number of hydrogen-bond acceptors (Lipinski definition) is 18. The fourth-order valence-electron chi connectivity index (χ4n) is 7.02. The Bertz CT molecular complexity index is 1910. The van der Waals surface area contributed by atoms with E-state index in [1.807, 2.05) is 14.1 Å². The molecule has 1 amide bonds. The number of nitrogens with zero attached hydrogens (tertiary/aromatic N) is 5. The molecule has 3 saturated heterocycles. The van der Waals surface area contributed by atoms with Gasteiger partial charge in [-0.3, -0.25) is 9.36 Å². The van der Waals surface area contributed by atoms with Gasteiger partial charge in [0.15, 0.2) is 47.1 Å². The Hall–Kier alpha value is -4.48. The number of methoxy groups -OCH3 is 3. The van der Waals surface area contributed by atoms with Crippen molar-refractivity contribution in [2.45, 2.75) is 87.5 Å². The van der Waals surface area contributed by atoms with Gasteiger partial charge in [-0.05, 0) is 37.6 Å². The minimum atomic E-state index is -1.52. The van der Waals surface area contributed by atoms with Gasteiger partial charge in [-0.25, -0.2) is 15.0 Å². The fourth-order valence-corrected chi connectivity index (χ4v) is 7.02. The molecule has 6 rings (SSSR count). The molecule has 20 nitrogen and oxygen atoms in total. The second-order valence-corrected chi connectivity index (χ2v) is 14.0. The summed E-state index contributed by atoms with van der Waals surface area (Å²) in [5.74, 6) is 0.278. The highest BCUT2D eigenvalue weighted by Crippen LogP contribution is 2.34. The van der Waals surface area contributed by atoms with E-state index in [-0.39, 0.29) is 23.9 Å². The third kappa shape index (κ3) is 8.56. The van der Waals surface area contributed by atoms with Crippen molar-refractivity contribution in [3.05, 3.63) is 59.6 Å². The van der Waals surface area contributed by atoms with E-state index in [4.69, 9.17) is 37.9 Å². The summed E-state index contributed by atoms with van der Waals surface area (Å²) >= 11 is 0. The predicted octanol–water partition coefficient (Wildman–Crippen LogP) is -0.802. The summed E-state index contributed by atoms with van der Waals surface area (Å²) in [4.78, 5) is 28.1. The van der Waals surface area contributed by atoms with Crippen molar-refractivity contribution in [2.75, 3.05) is 53.5 Å². The van der Waals surface area contributed by atoms with Gasteiger partial charge in [0, 0.05) is 33.9 Å². The van der Waals surface area contributed by atoms with E-state index >= 15 is 0 Å². The lowest BCUT2D eigenvalue weighted by Crippen LogP contribution is -2.58. The SMILES string of the molecule is CO/C(COC1OC(C)C(OC)C(OC)C1O)=C1\OC(Oc2ccc(/C=C(\C)C(=O)NC3C(CO)OC(n4cnc5c(N(C)C)ncnc54)C3O)cc2)C(O)C1O. The van der Waals surface area contributed by atoms with E-state index in [0.29, 0.717) is 28.1 Å². The van der Waals surface area contributed by atoms with Crippen LogP contribution in [0.15, 0.2) is 54.0 Å². The van der Waals surface area contributed by atoms with Crippen LogP contribution >= 0.6 is 0 Å². The molecule has 0 spiro atoms. The molecule has 0 saturated carbocycles. The number of rotatable bonds is 14. The molecule has 2 aromatic heterocycles. The Morgan fingerprint density at radius 3 is 2.33 bits per heavy atom. The Balaban J connectivity index is 1.06. The molecule has 1 aromatic carbocycles. The summed E-state index contributed by atoms with van der Waals surface area (Å²) in [7, 11) is 7.90. The molecule has 12 atom stereocenters. The Morgan fingerprint density at radius 1 is 0.965 bits per heavy atom. The van der Waals surface area contributed by atoms with Crippen LogP contribution in [0.4, 0.5) is 5.82 Å². The van der Waals surface area contributed by atoms with Crippen LogP contribution in [0.3, 0.4) is 0 Å². The lowest BCUT2D eigenvalue weighted by Gasteiger charge is -2.42. The van der Waals surface area contributed by atoms with Crippen molar-refractivity contribution in [3.63, 3.8) is 0 Å². The molecular weight excluding hydrogens is 752 g/mol. The second kappa shape index (κ2) is 18.0. The van der Waals surface area contributed by atoms with Crippen molar-refractivity contribution in [1.29, 1.82) is 0 Å². The molecule has 5 heterocycles. The van der Waals surface area contributed by atoms with Crippen molar-refractivity contribution in [1.82, 2.24) is 24.8 Å². The van der Waals surface area contributed by atoms with E-state index in [2.05, 4.69) is 20.3 Å². The van der Waals surface area contributed by atoms with Gasteiger partial charge in [0.05, 0.1) is 32.2 Å². The minimum Gasteiger partial charge on any atom is -0.495 e. The molecule has 57 heavy (non-hydrogen) atoms. The zero-order valence-electron chi connectivity index (χ0n) is 32.5. The first-order valence-corrected chi connectivity index (χ1v) is 18.2. The van der Waals surface area contributed by atoms with E-state index < -0.39 is 86.2 Å². The molecule has 3 aliphatic rings. The van der Waals surface area contributed by atoms with Crippen molar-refractivity contribution in [2.24, 2.45) is 0 Å². The van der Waals surface area contributed by atoms with Crippen LogP contribution in [-0.2, 0) is 38.0 Å². The first-order chi connectivity index (χ1) is 27.3. The van der Waals surface area contributed by atoms with Gasteiger partial charge in [0.1, 0.15) is 55.3 Å².